The molecule has 0 fully saturated rings. The van der Waals surface area contributed by atoms with Crippen LogP contribution in [0.5, 0.6) is 0 Å². The molecule has 0 amide bonds. The summed E-state index contributed by atoms with van der Waals surface area (Å²) in [7, 11) is 0. The van der Waals surface area contributed by atoms with Crippen LogP contribution in [-0.2, 0) is 0 Å². The largest absolute Gasteiger partial charge is 0.380 e. The Hall–Kier alpha value is -0.630. The molecule has 0 aliphatic carbocycles. The number of hydrogen-bond donors (Lipinski definition) is 2. The van der Waals surface area contributed by atoms with Gasteiger partial charge in [0.2, 0.25) is 0 Å². The molecule has 0 aromatic heterocycles. The van der Waals surface area contributed by atoms with Gasteiger partial charge in [0.25, 0.3) is 0 Å². The molecule has 2 heteroatoms. The van der Waals surface area contributed by atoms with Gasteiger partial charge in [-0.1, -0.05) is 19.6 Å². The summed E-state index contributed by atoms with van der Waals surface area (Å²) in [4.78, 5) is 0. The molecule has 0 radical (unpaired) electrons. The third-order valence-corrected chi connectivity index (χ3v) is 1.36. The summed E-state index contributed by atoms with van der Waals surface area (Å²) in [5.41, 5.74) is -0.799. The molecule has 0 rings (SSSR count). The van der Waals surface area contributed by atoms with Crippen LogP contribution >= 0.6 is 0 Å². The van der Waals surface area contributed by atoms with Crippen molar-refractivity contribution in [1.82, 2.24) is 0 Å². The molecule has 9 heavy (non-hydrogen) atoms. The Kier molecular flexibility index (Phi) is 2.59. The van der Waals surface area contributed by atoms with Crippen LogP contribution in [0.4, 0.5) is 0 Å². The maximum atomic E-state index is 9.25. The zero-order valence-electron chi connectivity index (χ0n) is 5.94. The quantitative estimate of drug-likeness (QED) is 0.436. The van der Waals surface area contributed by atoms with Gasteiger partial charge >= 0.3 is 0 Å². The van der Waals surface area contributed by atoms with E-state index in [0.29, 0.717) is 12.1 Å². The molecule has 0 aliphatic rings. The van der Waals surface area contributed by atoms with Crippen molar-refractivity contribution in [2.75, 3.05) is 0 Å². The second-order valence-electron chi connectivity index (χ2n) is 2.18. The number of hydrogen-bond acceptors (Lipinski definition) is 2. The first-order valence-corrected chi connectivity index (χ1v) is 2.98. The van der Waals surface area contributed by atoms with E-state index in [4.69, 9.17) is 5.41 Å². The lowest BCUT2D eigenvalue weighted by molar-refractivity contribution is 0.181. The van der Waals surface area contributed by atoms with Crippen molar-refractivity contribution in [2.24, 2.45) is 0 Å². The van der Waals surface area contributed by atoms with Crippen LogP contribution in [0.25, 0.3) is 0 Å². The molecule has 52 valence electrons. The van der Waals surface area contributed by atoms with Gasteiger partial charge < -0.3 is 10.5 Å². The highest BCUT2D eigenvalue weighted by molar-refractivity contribution is 5.90. The molecule has 1 unspecified atom stereocenters. The van der Waals surface area contributed by atoms with Gasteiger partial charge in [-0.25, -0.2) is 0 Å². The van der Waals surface area contributed by atoms with Crippen LogP contribution in [0, 0.1) is 5.41 Å². The van der Waals surface area contributed by atoms with E-state index in [1.807, 2.05) is 6.92 Å². The summed E-state index contributed by atoms with van der Waals surface area (Å²) in [6.07, 6.45) is 1.94. The second kappa shape index (κ2) is 2.78. The molecule has 0 spiro atoms. The normalized spacial score (nSPS) is 16.3. The highest BCUT2D eigenvalue weighted by atomic mass is 16.3. The monoisotopic (exact) mass is 127 g/mol. The fourth-order valence-electron chi connectivity index (χ4n) is 0.481. The molecule has 2 nitrogen and oxygen atoms in total. The summed E-state index contributed by atoms with van der Waals surface area (Å²) < 4.78 is 0. The van der Waals surface area contributed by atoms with Gasteiger partial charge in [0.05, 0.1) is 0 Å². The van der Waals surface area contributed by atoms with E-state index >= 15 is 0 Å². The highest BCUT2D eigenvalue weighted by Crippen LogP contribution is 2.07. The van der Waals surface area contributed by atoms with Crippen molar-refractivity contribution in [3.8, 4) is 0 Å². The summed E-state index contributed by atoms with van der Waals surface area (Å²) in [5.74, 6) is 0. The Balaban J connectivity index is 4.14. The predicted octanol–water partition coefficient (Wildman–Crippen LogP) is 1.35. The van der Waals surface area contributed by atoms with Crippen molar-refractivity contribution in [3.05, 3.63) is 12.7 Å². The topological polar surface area (TPSA) is 44.1 Å². The Morgan fingerprint density at radius 1 is 1.89 bits per heavy atom. The van der Waals surface area contributed by atoms with E-state index in [-0.39, 0.29) is 0 Å². The molecule has 2 N–H and O–H groups in total. The predicted molar refractivity (Wildman–Crippen MR) is 38.8 cm³/mol. The minimum atomic E-state index is -1.10. The molecular formula is C7H13NO. The van der Waals surface area contributed by atoms with Gasteiger partial charge in [0.15, 0.2) is 0 Å². The number of nitrogens with one attached hydrogen (secondary N) is 1. The molecule has 0 saturated heterocycles. The minimum Gasteiger partial charge on any atom is -0.380 e. The van der Waals surface area contributed by atoms with Gasteiger partial charge in [-0.15, -0.1) is 0 Å². The Bertz CT molecular complexity index is 127. The van der Waals surface area contributed by atoms with Crippen molar-refractivity contribution in [3.63, 3.8) is 0 Å². The van der Waals surface area contributed by atoms with Crippen LogP contribution in [0.3, 0.4) is 0 Å². The second-order valence-corrected chi connectivity index (χ2v) is 2.18. The highest BCUT2D eigenvalue weighted by Gasteiger charge is 2.19. The van der Waals surface area contributed by atoms with Crippen molar-refractivity contribution >= 4 is 5.71 Å². The maximum absolute atomic E-state index is 9.25. The first-order chi connectivity index (χ1) is 4.04. The Labute approximate surface area is 55.7 Å². The molecule has 0 aliphatic heterocycles. The molecule has 0 saturated carbocycles. The average Bonchev–Trinajstić information content (AvgIpc) is 1.86. The number of rotatable bonds is 3. The zero-order chi connectivity index (χ0) is 7.49. The van der Waals surface area contributed by atoms with E-state index in [9.17, 15) is 5.11 Å². The molecule has 0 heterocycles. The summed E-state index contributed by atoms with van der Waals surface area (Å²) in [6, 6.07) is 0. The van der Waals surface area contributed by atoms with Gasteiger partial charge in [-0.05, 0) is 13.3 Å². The van der Waals surface area contributed by atoms with Crippen LogP contribution in [-0.4, -0.2) is 16.4 Å². The lowest BCUT2D eigenvalue weighted by Gasteiger charge is -2.17. The molecule has 0 aromatic rings. The van der Waals surface area contributed by atoms with E-state index in [2.05, 4.69) is 6.58 Å². The third kappa shape index (κ3) is 1.98. The standard InChI is InChI=1S/C7H13NO/c1-4-6(8)7(3,9)5-2/h5,8-9H,2,4H2,1,3H3. The van der Waals surface area contributed by atoms with E-state index in [1.54, 1.807) is 6.92 Å². The summed E-state index contributed by atoms with van der Waals surface area (Å²) in [6.45, 7) is 6.81. The van der Waals surface area contributed by atoms with Crippen molar-refractivity contribution in [1.29, 1.82) is 5.41 Å². The van der Waals surface area contributed by atoms with Crippen LogP contribution in [0.15, 0.2) is 12.7 Å². The molecule has 1 atom stereocenters. The van der Waals surface area contributed by atoms with Gasteiger partial charge in [-0.3, -0.25) is 0 Å². The van der Waals surface area contributed by atoms with Gasteiger partial charge in [-0.2, -0.15) is 0 Å². The van der Waals surface area contributed by atoms with Gasteiger partial charge in [0.1, 0.15) is 5.60 Å². The van der Waals surface area contributed by atoms with Crippen molar-refractivity contribution in [2.45, 2.75) is 25.9 Å². The molecule has 0 aromatic carbocycles. The lowest BCUT2D eigenvalue weighted by atomic mass is 9.99. The zero-order valence-corrected chi connectivity index (χ0v) is 5.94. The Morgan fingerprint density at radius 2 is 2.33 bits per heavy atom. The van der Waals surface area contributed by atoms with Crippen LogP contribution in [0.1, 0.15) is 20.3 Å². The van der Waals surface area contributed by atoms with Crippen LogP contribution in [0.2, 0.25) is 0 Å². The van der Waals surface area contributed by atoms with Crippen LogP contribution < -0.4 is 0 Å². The average molecular weight is 127 g/mol. The first-order valence-electron chi connectivity index (χ1n) is 2.98. The Morgan fingerprint density at radius 3 is 2.44 bits per heavy atom. The summed E-state index contributed by atoms with van der Waals surface area (Å²) in [5, 5.41) is 16.5. The van der Waals surface area contributed by atoms with Gasteiger partial charge in [0, 0.05) is 5.71 Å². The maximum Gasteiger partial charge on any atom is 0.117 e. The van der Waals surface area contributed by atoms with Crippen molar-refractivity contribution < 1.29 is 5.11 Å². The fraction of sp³-hybridized carbons (Fsp3) is 0.571. The number of aliphatic hydroxyl groups is 1. The van der Waals surface area contributed by atoms with E-state index < -0.39 is 5.60 Å². The smallest absolute Gasteiger partial charge is 0.117 e. The summed E-state index contributed by atoms with van der Waals surface area (Å²) >= 11 is 0. The third-order valence-electron chi connectivity index (χ3n) is 1.36. The van der Waals surface area contributed by atoms with E-state index in [0.717, 1.165) is 0 Å². The molecule has 0 bridgehead atoms. The fourth-order valence-corrected chi connectivity index (χ4v) is 0.481. The lowest BCUT2D eigenvalue weighted by Crippen LogP contribution is -2.30. The SMILES string of the molecule is C=CC(C)(O)C(=N)CC. The molecular weight excluding hydrogens is 114 g/mol. The minimum absolute atomic E-state index is 0.303. The first kappa shape index (κ1) is 8.37. The van der Waals surface area contributed by atoms with E-state index in [1.165, 1.54) is 6.08 Å².